The van der Waals surface area contributed by atoms with E-state index < -0.39 is 7.60 Å². The maximum absolute atomic E-state index is 9.85. The van der Waals surface area contributed by atoms with Crippen LogP contribution in [0.15, 0.2) is 0 Å². The molecule has 0 aliphatic carbocycles. The molecule has 0 heterocycles. The molecule has 0 aromatic rings. The first-order chi connectivity index (χ1) is 3.06. The third kappa shape index (κ3) is 9.42. The van der Waals surface area contributed by atoms with Crippen LogP contribution in [-0.4, -0.2) is 28.0 Å². The molecule has 0 saturated heterocycles. The summed E-state index contributed by atoms with van der Waals surface area (Å²) in [6, 6.07) is 0. The third-order valence-electron chi connectivity index (χ3n) is 0.420. The maximum atomic E-state index is 9.85. The molecule has 5 nitrogen and oxygen atoms in total. The zero-order chi connectivity index (χ0) is 5.91. The number of nitrogens with two attached hydrogens (primary N) is 1. The molecule has 0 bridgehead atoms. The van der Waals surface area contributed by atoms with Crippen molar-refractivity contribution in [3.8, 4) is 0 Å². The molecule has 0 atom stereocenters. The van der Waals surface area contributed by atoms with E-state index in [1.54, 1.807) is 0 Å². The Morgan fingerprint density at radius 1 is 1.50 bits per heavy atom. The summed E-state index contributed by atoms with van der Waals surface area (Å²) < 4.78 is 9.85. The fraction of sp³-hybridized carbons (Fsp3) is 1.00. The fourth-order valence-corrected chi connectivity index (χ4v) is 0.505. The molecule has 0 rings (SSSR count). The molecular formula is C2H10NO4P. The van der Waals surface area contributed by atoms with E-state index in [9.17, 15) is 4.57 Å². The number of hydrogen-bond acceptors (Lipinski definition) is 2. The minimum Gasteiger partial charge on any atom is -0.412 e. The zero-order valence-corrected chi connectivity index (χ0v) is 5.14. The molecule has 0 aromatic heterocycles. The molecular weight excluding hydrogens is 133 g/mol. The Morgan fingerprint density at radius 2 is 1.88 bits per heavy atom. The van der Waals surface area contributed by atoms with Crippen molar-refractivity contribution < 1.29 is 19.8 Å². The molecule has 6 N–H and O–H groups in total. The summed E-state index contributed by atoms with van der Waals surface area (Å²) in [5, 5.41) is 0. The first kappa shape index (κ1) is 10.9. The van der Waals surface area contributed by atoms with E-state index in [0.29, 0.717) is 0 Å². The second kappa shape index (κ2) is 4.00. The zero-order valence-electron chi connectivity index (χ0n) is 4.24. The van der Waals surface area contributed by atoms with Crippen LogP contribution in [0, 0.1) is 0 Å². The first-order valence-electron chi connectivity index (χ1n) is 1.81. The van der Waals surface area contributed by atoms with E-state index in [2.05, 4.69) is 0 Å². The molecule has 0 aromatic carbocycles. The Hall–Kier alpha value is 0.0700. The smallest absolute Gasteiger partial charge is 0.326 e. The van der Waals surface area contributed by atoms with Gasteiger partial charge in [-0.1, -0.05) is 0 Å². The fourth-order valence-electron chi connectivity index (χ4n) is 0.168. The molecule has 0 aliphatic rings. The van der Waals surface area contributed by atoms with E-state index in [-0.39, 0.29) is 18.2 Å². The van der Waals surface area contributed by atoms with Crippen molar-refractivity contribution in [2.24, 2.45) is 5.73 Å². The average molecular weight is 143 g/mol. The highest BCUT2D eigenvalue weighted by Crippen LogP contribution is 2.32. The third-order valence-corrected chi connectivity index (χ3v) is 1.26. The molecule has 0 unspecified atom stereocenters. The molecule has 8 heavy (non-hydrogen) atoms. The van der Waals surface area contributed by atoms with Crippen molar-refractivity contribution in [3.63, 3.8) is 0 Å². The van der Waals surface area contributed by atoms with Crippen molar-refractivity contribution in [3.05, 3.63) is 0 Å². The van der Waals surface area contributed by atoms with Crippen LogP contribution in [-0.2, 0) is 4.57 Å². The van der Waals surface area contributed by atoms with Crippen LogP contribution in [0.4, 0.5) is 0 Å². The van der Waals surface area contributed by atoms with Crippen LogP contribution in [0.2, 0.25) is 0 Å². The Bertz CT molecular complexity index is 88.0. The summed E-state index contributed by atoms with van der Waals surface area (Å²) in [5.41, 5.74) is 4.82. The molecule has 52 valence electrons. The van der Waals surface area contributed by atoms with Gasteiger partial charge in [-0.2, -0.15) is 0 Å². The molecule has 0 aliphatic heterocycles. The van der Waals surface area contributed by atoms with E-state index >= 15 is 0 Å². The second-order valence-corrected chi connectivity index (χ2v) is 2.95. The molecule has 0 amide bonds. The molecule has 0 spiro atoms. The van der Waals surface area contributed by atoms with Gasteiger partial charge in [-0.05, 0) is 0 Å². The van der Waals surface area contributed by atoms with Gasteiger partial charge in [0.05, 0.1) is 6.16 Å². The Labute approximate surface area is 47.0 Å². The number of rotatable bonds is 2. The predicted molar refractivity (Wildman–Crippen MR) is 29.6 cm³/mol. The quantitative estimate of drug-likeness (QED) is 0.399. The van der Waals surface area contributed by atoms with Gasteiger partial charge in [-0.3, -0.25) is 4.57 Å². The maximum Gasteiger partial charge on any atom is 0.326 e. The molecule has 0 saturated carbocycles. The average Bonchev–Trinajstić information content (AvgIpc) is 1.30. The van der Waals surface area contributed by atoms with Gasteiger partial charge in [0.25, 0.3) is 0 Å². The van der Waals surface area contributed by atoms with Gasteiger partial charge in [0, 0.05) is 6.54 Å². The van der Waals surface area contributed by atoms with Crippen LogP contribution in [0.1, 0.15) is 0 Å². The lowest BCUT2D eigenvalue weighted by atomic mass is 10.8. The summed E-state index contributed by atoms with van der Waals surface area (Å²) in [6.45, 7) is 0.0459. The summed E-state index contributed by atoms with van der Waals surface area (Å²) in [4.78, 5) is 16.1. The van der Waals surface area contributed by atoms with Gasteiger partial charge in [-0.25, -0.2) is 0 Å². The van der Waals surface area contributed by atoms with Crippen molar-refractivity contribution in [2.45, 2.75) is 0 Å². The Balaban J connectivity index is 0. The molecule has 6 heteroatoms. The van der Waals surface area contributed by atoms with Gasteiger partial charge in [0.15, 0.2) is 0 Å². The van der Waals surface area contributed by atoms with E-state index in [1.807, 2.05) is 0 Å². The van der Waals surface area contributed by atoms with Crippen LogP contribution in [0.25, 0.3) is 0 Å². The lowest BCUT2D eigenvalue weighted by Gasteiger charge is -1.96. The monoisotopic (exact) mass is 143 g/mol. The summed E-state index contributed by atoms with van der Waals surface area (Å²) in [6.07, 6.45) is -0.215. The predicted octanol–water partition coefficient (Wildman–Crippen LogP) is -1.70. The highest BCUT2D eigenvalue weighted by molar-refractivity contribution is 7.51. The molecule has 0 fully saturated rings. The lowest BCUT2D eigenvalue weighted by Crippen LogP contribution is -2.04. The second-order valence-electron chi connectivity index (χ2n) is 1.18. The largest absolute Gasteiger partial charge is 0.412 e. The van der Waals surface area contributed by atoms with Crippen LogP contribution in [0.3, 0.4) is 0 Å². The van der Waals surface area contributed by atoms with Crippen molar-refractivity contribution in [1.82, 2.24) is 0 Å². The SMILES string of the molecule is NCCP(=O)(O)O.O. The first-order valence-corrected chi connectivity index (χ1v) is 3.60. The minimum atomic E-state index is -3.79. The summed E-state index contributed by atoms with van der Waals surface area (Å²) in [5.74, 6) is 0. The van der Waals surface area contributed by atoms with Crippen molar-refractivity contribution in [2.75, 3.05) is 12.7 Å². The minimum absolute atomic E-state index is 0. The van der Waals surface area contributed by atoms with Crippen molar-refractivity contribution >= 4 is 7.60 Å². The Morgan fingerprint density at radius 3 is 1.88 bits per heavy atom. The number of hydrogen-bond donors (Lipinski definition) is 3. The highest BCUT2D eigenvalue weighted by atomic mass is 31.2. The highest BCUT2D eigenvalue weighted by Gasteiger charge is 2.08. The summed E-state index contributed by atoms with van der Waals surface area (Å²) in [7, 11) is -3.79. The van der Waals surface area contributed by atoms with Gasteiger partial charge in [0.1, 0.15) is 0 Å². The van der Waals surface area contributed by atoms with Gasteiger partial charge < -0.3 is 21.0 Å². The normalized spacial score (nSPS) is 10.4. The molecule has 0 radical (unpaired) electrons. The van der Waals surface area contributed by atoms with Gasteiger partial charge in [-0.15, -0.1) is 0 Å². The van der Waals surface area contributed by atoms with Gasteiger partial charge in [0.2, 0.25) is 0 Å². The van der Waals surface area contributed by atoms with E-state index in [4.69, 9.17) is 15.5 Å². The summed E-state index contributed by atoms with van der Waals surface area (Å²) >= 11 is 0. The van der Waals surface area contributed by atoms with Crippen molar-refractivity contribution in [1.29, 1.82) is 0 Å². The topological polar surface area (TPSA) is 115 Å². The lowest BCUT2D eigenvalue weighted by molar-refractivity contribution is 0.373. The standard InChI is InChI=1S/C2H8NO3P.H2O/c3-1-2-7(4,5)6;/h1-3H2,(H2,4,5,6);1H2. The van der Waals surface area contributed by atoms with Crippen LogP contribution >= 0.6 is 7.60 Å². The van der Waals surface area contributed by atoms with E-state index in [1.165, 1.54) is 0 Å². The Kier molecular flexibility index (Phi) is 5.47. The van der Waals surface area contributed by atoms with Gasteiger partial charge >= 0.3 is 7.60 Å². The van der Waals surface area contributed by atoms with Crippen LogP contribution < -0.4 is 5.73 Å². The van der Waals surface area contributed by atoms with E-state index in [0.717, 1.165) is 0 Å². The van der Waals surface area contributed by atoms with Crippen LogP contribution in [0.5, 0.6) is 0 Å².